The van der Waals surface area contributed by atoms with Gasteiger partial charge in [-0.2, -0.15) is 0 Å². The summed E-state index contributed by atoms with van der Waals surface area (Å²) in [5, 5.41) is 0.660. The molecule has 5 heteroatoms. The van der Waals surface area contributed by atoms with Crippen molar-refractivity contribution in [2.75, 3.05) is 26.2 Å². The first kappa shape index (κ1) is 15.6. The molecule has 0 radical (unpaired) electrons. The minimum atomic E-state index is 0.118. The van der Waals surface area contributed by atoms with Gasteiger partial charge in [0.15, 0.2) is 0 Å². The smallest absolute Gasteiger partial charge is 0.253 e. The summed E-state index contributed by atoms with van der Waals surface area (Å²) in [4.78, 5) is 17.1. The monoisotopic (exact) mass is 418 g/mol. The van der Waals surface area contributed by atoms with Gasteiger partial charge in [0.25, 0.3) is 5.91 Å². The van der Waals surface area contributed by atoms with Gasteiger partial charge in [-0.3, -0.25) is 9.69 Å². The summed E-state index contributed by atoms with van der Waals surface area (Å²) in [5.41, 5.74) is 0.708. The number of likely N-dealkylation sites (tertiary alicyclic amines) is 2. The predicted molar refractivity (Wildman–Crippen MR) is 93.9 cm³/mol. The number of hydrogen-bond donors (Lipinski definition) is 0. The SMILES string of the molecule is O=C(c1ccc(I)c(Cl)c1)N1CCC(N2CCCCC2)C1. The second-order valence-electron chi connectivity index (χ2n) is 5.92. The lowest BCUT2D eigenvalue weighted by Gasteiger charge is -2.32. The molecule has 2 fully saturated rings. The van der Waals surface area contributed by atoms with Gasteiger partial charge in [-0.1, -0.05) is 18.0 Å². The number of rotatable bonds is 2. The molecule has 3 rings (SSSR count). The normalized spacial score (nSPS) is 23.5. The minimum Gasteiger partial charge on any atom is -0.337 e. The van der Waals surface area contributed by atoms with Crippen molar-refractivity contribution in [3.05, 3.63) is 32.4 Å². The van der Waals surface area contributed by atoms with Crippen molar-refractivity contribution in [2.24, 2.45) is 0 Å². The standard InChI is InChI=1S/C16H20ClIN2O/c17-14-10-12(4-5-15(14)18)16(21)20-9-6-13(11-20)19-7-2-1-3-8-19/h4-5,10,13H,1-3,6-9,11H2. The molecule has 2 aliphatic heterocycles. The molecule has 0 N–H and O–H groups in total. The maximum absolute atomic E-state index is 12.6. The summed E-state index contributed by atoms with van der Waals surface area (Å²) >= 11 is 8.31. The van der Waals surface area contributed by atoms with Gasteiger partial charge in [0.2, 0.25) is 0 Å². The Hall–Kier alpha value is -0.330. The van der Waals surface area contributed by atoms with Gasteiger partial charge >= 0.3 is 0 Å². The third-order valence-corrected chi connectivity index (χ3v) is 6.10. The molecule has 0 bridgehead atoms. The summed E-state index contributed by atoms with van der Waals surface area (Å²) in [6.45, 7) is 4.12. The highest BCUT2D eigenvalue weighted by molar-refractivity contribution is 14.1. The Morgan fingerprint density at radius 1 is 1.19 bits per heavy atom. The predicted octanol–water partition coefficient (Wildman–Crippen LogP) is 3.65. The molecular weight excluding hydrogens is 399 g/mol. The van der Waals surface area contributed by atoms with E-state index in [9.17, 15) is 4.79 Å². The molecule has 21 heavy (non-hydrogen) atoms. The lowest BCUT2D eigenvalue weighted by molar-refractivity contribution is 0.0771. The molecule has 0 spiro atoms. The first-order valence-electron chi connectivity index (χ1n) is 7.63. The summed E-state index contributed by atoms with van der Waals surface area (Å²) in [6.07, 6.45) is 5.06. The number of carbonyl (C=O) groups is 1. The number of amides is 1. The molecular formula is C16H20ClIN2O. The second kappa shape index (κ2) is 6.84. The van der Waals surface area contributed by atoms with Crippen molar-refractivity contribution in [2.45, 2.75) is 31.7 Å². The molecule has 0 aromatic heterocycles. The highest BCUT2D eigenvalue weighted by Gasteiger charge is 2.31. The van der Waals surface area contributed by atoms with Crippen molar-refractivity contribution in [3.8, 4) is 0 Å². The lowest BCUT2D eigenvalue weighted by Crippen LogP contribution is -2.41. The average Bonchev–Trinajstić information content (AvgIpc) is 3.00. The van der Waals surface area contributed by atoms with Crippen LogP contribution >= 0.6 is 34.2 Å². The van der Waals surface area contributed by atoms with E-state index in [0.29, 0.717) is 16.6 Å². The highest BCUT2D eigenvalue weighted by Crippen LogP contribution is 2.24. The van der Waals surface area contributed by atoms with Crippen LogP contribution in [0.1, 0.15) is 36.0 Å². The molecule has 3 nitrogen and oxygen atoms in total. The van der Waals surface area contributed by atoms with E-state index in [1.165, 1.54) is 32.4 Å². The van der Waals surface area contributed by atoms with Crippen LogP contribution in [0.15, 0.2) is 18.2 Å². The summed E-state index contributed by atoms with van der Waals surface area (Å²) in [7, 11) is 0. The summed E-state index contributed by atoms with van der Waals surface area (Å²) in [5.74, 6) is 0.118. The van der Waals surface area contributed by atoms with Crippen molar-refractivity contribution in [3.63, 3.8) is 0 Å². The van der Waals surface area contributed by atoms with Crippen LogP contribution in [0.4, 0.5) is 0 Å². The van der Waals surface area contributed by atoms with Crippen LogP contribution in [0.2, 0.25) is 5.02 Å². The number of piperidine rings is 1. The molecule has 1 aromatic carbocycles. The first-order valence-corrected chi connectivity index (χ1v) is 9.09. The zero-order chi connectivity index (χ0) is 14.8. The summed E-state index contributed by atoms with van der Waals surface area (Å²) in [6, 6.07) is 6.13. The van der Waals surface area contributed by atoms with Crippen LogP contribution in [0.25, 0.3) is 0 Å². The number of nitrogens with zero attached hydrogens (tertiary/aromatic N) is 2. The Kier molecular flexibility index (Phi) is 5.07. The van der Waals surface area contributed by atoms with Crippen LogP contribution in [0.3, 0.4) is 0 Å². The average molecular weight is 419 g/mol. The van der Waals surface area contributed by atoms with E-state index in [2.05, 4.69) is 27.5 Å². The number of hydrogen-bond acceptors (Lipinski definition) is 2. The first-order chi connectivity index (χ1) is 10.1. The second-order valence-corrected chi connectivity index (χ2v) is 7.49. The Labute approximate surface area is 144 Å². The van der Waals surface area contributed by atoms with E-state index in [-0.39, 0.29) is 5.91 Å². The van der Waals surface area contributed by atoms with Gasteiger partial charge in [0, 0.05) is 28.3 Å². The Bertz CT molecular complexity index is 531. The van der Waals surface area contributed by atoms with Crippen molar-refractivity contribution < 1.29 is 4.79 Å². The molecule has 2 saturated heterocycles. The molecule has 114 valence electrons. The molecule has 1 atom stereocenters. The molecule has 1 unspecified atom stereocenters. The molecule has 0 saturated carbocycles. The quantitative estimate of drug-likeness (QED) is 0.685. The third kappa shape index (κ3) is 3.54. The minimum absolute atomic E-state index is 0.118. The fourth-order valence-corrected chi connectivity index (χ4v) is 3.84. The topological polar surface area (TPSA) is 23.6 Å². The van der Waals surface area contributed by atoms with Crippen LogP contribution in [-0.2, 0) is 0 Å². The van der Waals surface area contributed by atoms with Crippen LogP contribution in [0, 0.1) is 3.57 Å². The van der Waals surface area contributed by atoms with Crippen molar-refractivity contribution >= 4 is 40.1 Å². The van der Waals surface area contributed by atoms with Gasteiger partial charge in [0.1, 0.15) is 0 Å². The zero-order valence-electron chi connectivity index (χ0n) is 12.0. The third-order valence-electron chi connectivity index (χ3n) is 4.52. The van der Waals surface area contributed by atoms with E-state index in [1.807, 2.05) is 17.0 Å². The maximum Gasteiger partial charge on any atom is 0.253 e. The van der Waals surface area contributed by atoms with Gasteiger partial charge in [0.05, 0.1) is 5.02 Å². The van der Waals surface area contributed by atoms with Gasteiger partial charge in [-0.15, -0.1) is 0 Å². The number of halogens is 2. The molecule has 2 aliphatic rings. The fraction of sp³-hybridized carbons (Fsp3) is 0.562. The number of carbonyl (C=O) groups excluding carboxylic acids is 1. The van der Waals surface area contributed by atoms with E-state index < -0.39 is 0 Å². The van der Waals surface area contributed by atoms with Crippen LogP contribution < -0.4 is 0 Å². The molecule has 0 aliphatic carbocycles. The van der Waals surface area contributed by atoms with Crippen molar-refractivity contribution in [1.82, 2.24) is 9.80 Å². The fourth-order valence-electron chi connectivity index (χ4n) is 3.32. The largest absolute Gasteiger partial charge is 0.337 e. The van der Waals surface area contributed by atoms with E-state index in [1.54, 1.807) is 6.07 Å². The van der Waals surface area contributed by atoms with Crippen LogP contribution in [0.5, 0.6) is 0 Å². The molecule has 1 aromatic rings. The molecule has 1 amide bonds. The van der Waals surface area contributed by atoms with E-state index in [4.69, 9.17) is 11.6 Å². The van der Waals surface area contributed by atoms with Crippen LogP contribution in [-0.4, -0.2) is 47.9 Å². The van der Waals surface area contributed by atoms with Gasteiger partial charge in [-0.25, -0.2) is 0 Å². The van der Waals surface area contributed by atoms with E-state index in [0.717, 1.165) is 23.1 Å². The van der Waals surface area contributed by atoms with Gasteiger partial charge in [-0.05, 0) is 73.1 Å². The Balaban J connectivity index is 1.64. The lowest BCUT2D eigenvalue weighted by atomic mass is 10.1. The van der Waals surface area contributed by atoms with Crippen molar-refractivity contribution in [1.29, 1.82) is 0 Å². The maximum atomic E-state index is 12.6. The Morgan fingerprint density at radius 2 is 1.95 bits per heavy atom. The molecule has 2 heterocycles. The highest BCUT2D eigenvalue weighted by atomic mass is 127. The van der Waals surface area contributed by atoms with Gasteiger partial charge < -0.3 is 4.90 Å². The van der Waals surface area contributed by atoms with E-state index >= 15 is 0 Å². The Morgan fingerprint density at radius 3 is 2.67 bits per heavy atom. The zero-order valence-corrected chi connectivity index (χ0v) is 14.9. The summed E-state index contributed by atoms with van der Waals surface area (Å²) < 4.78 is 0.985. The number of benzene rings is 1.